The average molecular weight is 187 g/mol. The third-order valence-electron chi connectivity index (χ3n) is 2.32. The third kappa shape index (κ3) is 1.32. The lowest BCUT2D eigenvalue weighted by Crippen LogP contribution is -2.16. The second-order valence-electron chi connectivity index (χ2n) is 3.31. The first kappa shape index (κ1) is 8.99. The largest absolute Gasteiger partial charge is 0.220 e. The summed E-state index contributed by atoms with van der Waals surface area (Å²) in [5, 5.41) is 15.1. The molecule has 1 radical (unpaired) electrons. The first-order valence-corrected chi connectivity index (χ1v) is 4.47. The highest BCUT2D eigenvalue weighted by Crippen LogP contribution is 2.35. The van der Waals surface area contributed by atoms with Gasteiger partial charge in [-0.05, 0) is 24.3 Å². The van der Waals surface area contributed by atoms with E-state index in [2.05, 4.69) is 27.6 Å². The molecule has 1 aromatic rings. The molecule has 14 heavy (non-hydrogen) atoms. The molecule has 0 atom stereocenters. The van der Waals surface area contributed by atoms with Crippen LogP contribution in [0.1, 0.15) is 17.5 Å². The van der Waals surface area contributed by atoms with E-state index >= 15 is 0 Å². The van der Waals surface area contributed by atoms with Crippen molar-refractivity contribution in [1.82, 2.24) is 0 Å². The summed E-state index contributed by atoms with van der Waals surface area (Å²) in [6.45, 7) is 5.87. The number of benzene rings is 1. The third-order valence-corrected chi connectivity index (χ3v) is 2.32. The topological polar surface area (TPSA) is 49.4 Å². The van der Waals surface area contributed by atoms with Crippen molar-refractivity contribution in [2.75, 3.05) is 0 Å². The maximum absolute atomic E-state index is 4.01. The molecule has 0 saturated carbocycles. The van der Waals surface area contributed by atoms with Gasteiger partial charge < -0.3 is 0 Å². The van der Waals surface area contributed by atoms with Gasteiger partial charge in [0, 0.05) is 12.0 Å². The first-order chi connectivity index (χ1) is 6.77. The van der Waals surface area contributed by atoms with E-state index in [1.165, 1.54) is 5.56 Å². The fourth-order valence-electron chi connectivity index (χ4n) is 1.39. The molecule has 1 heterocycles. The highest BCUT2D eigenvalue weighted by atomic mass is 15.6. The molecule has 0 N–H and O–H groups in total. The van der Waals surface area contributed by atoms with Crippen LogP contribution >= 0.6 is 0 Å². The summed E-state index contributed by atoms with van der Waals surface area (Å²) < 4.78 is 0. The molecule has 1 aliphatic heterocycles. The Bertz CT molecular complexity index is 366. The molecule has 0 aromatic heterocycles. The van der Waals surface area contributed by atoms with Gasteiger partial charge in [0.05, 0.1) is 0 Å². The lowest BCUT2D eigenvalue weighted by Gasteiger charge is -2.17. The van der Waals surface area contributed by atoms with Crippen LogP contribution in [0.15, 0.2) is 44.9 Å². The van der Waals surface area contributed by atoms with Crippen LogP contribution in [-0.2, 0) is 5.66 Å². The molecule has 2 rings (SSSR count). The van der Waals surface area contributed by atoms with E-state index < -0.39 is 5.66 Å². The van der Waals surface area contributed by atoms with E-state index in [4.69, 9.17) is 0 Å². The van der Waals surface area contributed by atoms with Crippen LogP contribution in [0.3, 0.4) is 0 Å². The van der Waals surface area contributed by atoms with Crippen molar-refractivity contribution in [2.24, 2.45) is 20.7 Å². The van der Waals surface area contributed by atoms with Crippen molar-refractivity contribution in [3.8, 4) is 0 Å². The first-order valence-electron chi connectivity index (χ1n) is 4.47. The molecule has 0 aliphatic carbocycles. The molecule has 0 spiro atoms. The number of rotatable bonds is 2. The lowest BCUT2D eigenvalue weighted by atomic mass is 9.97. The van der Waals surface area contributed by atoms with Crippen LogP contribution in [0.25, 0.3) is 0 Å². The highest BCUT2D eigenvalue weighted by Gasteiger charge is 2.33. The minimum Gasteiger partial charge on any atom is -0.130 e. The average Bonchev–Trinajstić information content (AvgIpc) is 2.68. The Morgan fingerprint density at radius 2 is 1.71 bits per heavy atom. The van der Waals surface area contributed by atoms with Crippen LogP contribution in [0.5, 0.6) is 0 Å². The Morgan fingerprint density at radius 1 is 1.14 bits per heavy atom. The molecular formula is C10H11N4. The van der Waals surface area contributed by atoms with E-state index in [0.717, 1.165) is 5.56 Å². The summed E-state index contributed by atoms with van der Waals surface area (Å²) in [6, 6.07) is 8.03. The van der Waals surface area contributed by atoms with Gasteiger partial charge in [-0.2, -0.15) is 0 Å². The Morgan fingerprint density at radius 3 is 2.21 bits per heavy atom. The summed E-state index contributed by atoms with van der Waals surface area (Å²) in [5.74, 6) is 0. The number of hydrogen-bond donors (Lipinski definition) is 0. The molecule has 0 unspecified atom stereocenters. The van der Waals surface area contributed by atoms with Crippen LogP contribution in [-0.4, -0.2) is 0 Å². The number of nitrogens with zero attached hydrogens (tertiary/aromatic N) is 4. The molecule has 71 valence electrons. The summed E-state index contributed by atoms with van der Waals surface area (Å²) in [4.78, 5) is 0. The molecule has 0 fully saturated rings. The van der Waals surface area contributed by atoms with Crippen LogP contribution in [0, 0.1) is 13.8 Å². The minimum absolute atomic E-state index is 0.531. The number of hydrogen-bond acceptors (Lipinski definition) is 4. The maximum Gasteiger partial charge on any atom is 0.220 e. The number of aryl methyl sites for hydroxylation is 1. The Kier molecular flexibility index (Phi) is 2.11. The van der Waals surface area contributed by atoms with E-state index in [9.17, 15) is 0 Å². The van der Waals surface area contributed by atoms with Crippen LogP contribution < -0.4 is 0 Å². The van der Waals surface area contributed by atoms with E-state index in [1.807, 2.05) is 31.2 Å². The van der Waals surface area contributed by atoms with Gasteiger partial charge in [0.1, 0.15) is 0 Å². The van der Waals surface area contributed by atoms with Gasteiger partial charge in [0.2, 0.25) is 5.66 Å². The Labute approximate surface area is 82.7 Å². The van der Waals surface area contributed by atoms with Crippen LogP contribution in [0.2, 0.25) is 0 Å². The highest BCUT2D eigenvalue weighted by molar-refractivity contribution is 5.28. The summed E-state index contributed by atoms with van der Waals surface area (Å²) in [7, 11) is 0. The van der Waals surface area contributed by atoms with Gasteiger partial charge in [0.15, 0.2) is 0 Å². The second-order valence-corrected chi connectivity index (χ2v) is 3.31. The quantitative estimate of drug-likeness (QED) is 0.682. The summed E-state index contributed by atoms with van der Waals surface area (Å²) in [5.41, 5.74) is 1.52. The zero-order valence-corrected chi connectivity index (χ0v) is 8.01. The zero-order chi connectivity index (χ0) is 10.0. The molecule has 1 aliphatic rings. The normalized spacial score (nSPS) is 17.6. The van der Waals surface area contributed by atoms with Crippen molar-refractivity contribution in [3.63, 3.8) is 0 Å². The second kappa shape index (κ2) is 3.29. The molecule has 0 saturated heterocycles. The van der Waals surface area contributed by atoms with Gasteiger partial charge in [0.25, 0.3) is 0 Å². The summed E-state index contributed by atoms with van der Waals surface area (Å²) >= 11 is 0. The van der Waals surface area contributed by atoms with Crippen LogP contribution in [0.4, 0.5) is 0 Å². The lowest BCUT2D eigenvalue weighted by molar-refractivity contribution is 0.469. The van der Waals surface area contributed by atoms with Gasteiger partial charge in [-0.1, -0.05) is 29.8 Å². The molecule has 4 heteroatoms. The monoisotopic (exact) mass is 187 g/mol. The smallest absolute Gasteiger partial charge is 0.130 e. The van der Waals surface area contributed by atoms with Crippen molar-refractivity contribution >= 4 is 0 Å². The minimum atomic E-state index is -0.673. The molecule has 0 amide bonds. The van der Waals surface area contributed by atoms with Gasteiger partial charge >= 0.3 is 0 Å². The van der Waals surface area contributed by atoms with Crippen molar-refractivity contribution in [2.45, 2.75) is 19.0 Å². The zero-order valence-electron chi connectivity index (χ0n) is 8.01. The predicted octanol–water partition coefficient (Wildman–Crippen LogP) is 3.21. The SMILES string of the molecule is [CH2]CC1(c2ccc(C)cc2)N=NN=N1. The van der Waals surface area contributed by atoms with Crippen molar-refractivity contribution < 1.29 is 0 Å². The fourth-order valence-corrected chi connectivity index (χ4v) is 1.39. The van der Waals surface area contributed by atoms with E-state index in [0.29, 0.717) is 6.42 Å². The van der Waals surface area contributed by atoms with Gasteiger partial charge in [-0.25, -0.2) is 0 Å². The molecule has 4 nitrogen and oxygen atoms in total. The predicted molar refractivity (Wildman–Crippen MR) is 52.5 cm³/mol. The van der Waals surface area contributed by atoms with Crippen molar-refractivity contribution in [3.05, 3.63) is 42.3 Å². The Balaban J connectivity index is 2.42. The van der Waals surface area contributed by atoms with Gasteiger partial charge in [-0.3, -0.25) is 0 Å². The molecule has 0 bridgehead atoms. The Hall–Kier alpha value is -1.58. The fraction of sp³-hybridized carbons (Fsp3) is 0.300. The molecular weight excluding hydrogens is 176 g/mol. The summed E-state index contributed by atoms with van der Waals surface area (Å²) in [6.07, 6.45) is 0.531. The van der Waals surface area contributed by atoms with E-state index in [-0.39, 0.29) is 0 Å². The van der Waals surface area contributed by atoms with Gasteiger partial charge in [-0.15, -0.1) is 10.2 Å². The maximum atomic E-state index is 4.01. The molecule has 1 aromatic carbocycles. The standard InChI is InChI=1S/C10H11N4/c1-3-10(11-13-14-12-10)9-6-4-8(2)5-7-9/h4-7H,1,3H2,2H3. The van der Waals surface area contributed by atoms with E-state index in [1.54, 1.807) is 0 Å². The van der Waals surface area contributed by atoms with Crippen molar-refractivity contribution in [1.29, 1.82) is 0 Å².